The minimum atomic E-state index is -0.169. The van der Waals surface area contributed by atoms with E-state index in [0.717, 1.165) is 37.0 Å². The number of hydrogen-bond acceptors (Lipinski definition) is 3. The van der Waals surface area contributed by atoms with Gasteiger partial charge < -0.3 is 14.6 Å². The van der Waals surface area contributed by atoms with Gasteiger partial charge in [-0.05, 0) is 25.0 Å². The summed E-state index contributed by atoms with van der Waals surface area (Å²) in [6.07, 6.45) is 5.98. The first-order chi connectivity index (χ1) is 12.1. The fraction of sp³-hybridized carbons (Fsp3) is 0.400. The first kappa shape index (κ1) is 17.3. The Bertz CT molecular complexity index is 791. The summed E-state index contributed by atoms with van der Waals surface area (Å²) in [6.45, 7) is 0.607. The largest absolute Gasteiger partial charge is 0.496 e. The maximum atomic E-state index is 12.3. The second-order valence-corrected chi connectivity index (χ2v) is 6.63. The lowest BCUT2D eigenvalue weighted by Crippen LogP contribution is -2.41. The Hall–Kier alpha value is -2.56. The number of carbonyl (C=O) groups is 1. The van der Waals surface area contributed by atoms with Gasteiger partial charge in [-0.1, -0.05) is 37.1 Å². The zero-order chi connectivity index (χ0) is 17.7. The number of amides is 1. The first-order valence-corrected chi connectivity index (χ1v) is 8.70. The standard InChI is InChI=1S/C20H24N2O3/c1-25-17-9-3-2-8-16(17)20(11-5-6-12-20)15-21-18(23)14-22-13-7-4-10-19(22)24/h2-4,7-10,13H,5-6,11-12,14-15H2,1H3,(H,21,23). The van der Waals surface area contributed by atoms with E-state index in [1.54, 1.807) is 25.4 Å². The van der Waals surface area contributed by atoms with Gasteiger partial charge in [0.25, 0.3) is 5.56 Å². The van der Waals surface area contributed by atoms with E-state index < -0.39 is 0 Å². The lowest BCUT2D eigenvalue weighted by Gasteiger charge is -2.31. The third kappa shape index (κ3) is 3.76. The smallest absolute Gasteiger partial charge is 0.250 e. The summed E-state index contributed by atoms with van der Waals surface area (Å²) < 4.78 is 6.96. The van der Waals surface area contributed by atoms with Crippen molar-refractivity contribution in [3.8, 4) is 5.75 Å². The molecule has 3 rings (SSSR count). The van der Waals surface area contributed by atoms with Crippen molar-refractivity contribution in [1.82, 2.24) is 9.88 Å². The normalized spacial score (nSPS) is 15.7. The number of nitrogens with one attached hydrogen (secondary N) is 1. The van der Waals surface area contributed by atoms with Crippen LogP contribution in [-0.2, 0) is 16.8 Å². The Kier molecular flexibility index (Phi) is 5.22. The third-order valence-corrected chi connectivity index (χ3v) is 5.08. The maximum Gasteiger partial charge on any atom is 0.250 e. The molecule has 5 heteroatoms. The van der Waals surface area contributed by atoms with Crippen LogP contribution in [0.2, 0.25) is 0 Å². The summed E-state index contributed by atoms with van der Waals surface area (Å²) in [5, 5.41) is 3.04. The molecule has 1 aromatic carbocycles. The third-order valence-electron chi connectivity index (χ3n) is 5.08. The van der Waals surface area contributed by atoms with Crippen LogP contribution < -0.4 is 15.6 Å². The summed E-state index contributed by atoms with van der Waals surface area (Å²) in [7, 11) is 1.68. The molecular weight excluding hydrogens is 316 g/mol. The van der Waals surface area contributed by atoms with E-state index in [-0.39, 0.29) is 23.4 Å². The molecule has 25 heavy (non-hydrogen) atoms. The highest BCUT2D eigenvalue weighted by Gasteiger charge is 2.37. The van der Waals surface area contributed by atoms with Crippen LogP contribution in [0.3, 0.4) is 0 Å². The van der Waals surface area contributed by atoms with Gasteiger partial charge >= 0.3 is 0 Å². The van der Waals surface area contributed by atoms with Gasteiger partial charge in [-0.3, -0.25) is 9.59 Å². The Labute approximate surface area is 147 Å². The highest BCUT2D eigenvalue weighted by atomic mass is 16.5. The van der Waals surface area contributed by atoms with Gasteiger partial charge in [-0.25, -0.2) is 0 Å². The topological polar surface area (TPSA) is 60.3 Å². The van der Waals surface area contributed by atoms with Crippen LogP contribution in [0, 0.1) is 0 Å². The van der Waals surface area contributed by atoms with E-state index in [1.165, 1.54) is 10.6 Å². The molecule has 1 amide bonds. The number of pyridine rings is 1. The zero-order valence-electron chi connectivity index (χ0n) is 14.5. The molecular formula is C20H24N2O3. The van der Waals surface area contributed by atoms with Crippen molar-refractivity contribution in [2.45, 2.75) is 37.6 Å². The second kappa shape index (κ2) is 7.55. The number of hydrogen-bond donors (Lipinski definition) is 1. The Balaban J connectivity index is 1.73. The number of carbonyl (C=O) groups excluding carboxylic acids is 1. The SMILES string of the molecule is COc1ccccc1C1(CNC(=O)Cn2ccccc2=O)CCCC1. The van der Waals surface area contributed by atoms with Crippen LogP contribution in [0.4, 0.5) is 0 Å². The molecule has 1 aliphatic rings. The number of para-hydroxylation sites is 1. The van der Waals surface area contributed by atoms with Gasteiger partial charge in [0, 0.05) is 29.8 Å². The van der Waals surface area contributed by atoms with Crippen molar-refractivity contribution >= 4 is 5.91 Å². The number of benzene rings is 1. The molecule has 0 aliphatic heterocycles. The average Bonchev–Trinajstić information content (AvgIpc) is 3.12. The molecule has 1 N–H and O–H groups in total. The van der Waals surface area contributed by atoms with Gasteiger partial charge in [-0.2, -0.15) is 0 Å². The molecule has 5 nitrogen and oxygen atoms in total. The first-order valence-electron chi connectivity index (χ1n) is 8.70. The van der Waals surface area contributed by atoms with Gasteiger partial charge in [-0.15, -0.1) is 0 Å². The molecule has 0 bridgehead atoms. The molecule has 0 radical (unpaired) electrons. The van der Waals surface area contributed by atoms with E-state index in [4.69, 9.17) is 4.74 Å². The summed E-state index contributed by atoms with van der Waals surface area (Å²) in [5.74, 6) is 0.729. The highest BCUT2D eigenvalue weighted by Crippen LogP contribution is 2.44. The minimum Gasteiger partial charge on any atom is -0.496 e. The molecule has 1 heterocycles. The summed E-state index contributed by atoms with van der Waals surface area (Å²) in [4.78, 5) is 24.1. The van der Waals surface area contributed by atoms with Crippen LogP contribution in [0.1, 0.15) is 31.2 Å². The molecule has 132 valence electrons. The van der Waals surface area contributed by atoms with Crippen LogP contribution >= 0.6 is 0 Å². The van der Waals surface area contributed by atoms with E-state index in [9.17, 15) is 9.59 Å². The zero-order valence-corrected chi connectivity index (χ0v) is 14.5. The summed E-state index contributed by atoms with van der Waals surface area (Å²) >= 11 is 0. The minimum absolute atomic E-state index is 0.0433. The van der Waals surface area contributed by atoms with Crippen LogP contribution in [0.15, 0.2) is 53.5 Å². The van der Waals surface area contributed by atoms with Crippen molar-refractivity contribution in [2.24, 2.45) is 0 Å². The molecule has 1 fully saturated rings. The van der Waals surface area contributed by atoms with Gasteiger partial charge in [0.2, 0.25) is 5.91 Å². The van der Waals surface area contributed by atoms with E-state index in [2.05, 4.69) is 11.4 Å². The lowest BCUT2D eigenvalue weighted by atomic mass is 9.78. The quantitative estimate of drug-likeness (QED) is 0.879. The van der Waals surface area contributed by atoms with E-state index in [1.807, 2.05) is 18.2 Å². The second-order valence-electron chi connectivity index (χ2n) is 6.63. The number of rotatable bonds is 6. The molecule has 0 unspecified atom stereocenters. The number of nitrogens with zero attached hydrogens (tertiary/aromatic N) is 1. The molecule has 2 aromatic rings. The number of aromatic nitrogens is 1. The van der Waals surface area contributed by atoms with Crippen molar-refractivity contribution in [3.05, 3.63) is 64.6 Å². The monoisotopic (exact) mass is 340 g/mol. The molecule has 0 saturated heterocycles. The fourth-order valence-corrected chi connectivity index (χ4v) is 3.75. The molecule has 0 atom stereocenters. The van der Waals surface area contributed by atoms with Gasteiger partial charge in [0.1, 0.15) is 12.3 Å². The fourth-order valence-electron chi connectivity index (χ4n) is 3.75. The predicted octanol–water partition coefficient (Wildman–Crippen LogP) is 2.49. The number of methoxy groups -OCH3 is 1. The van der Waals surface area contributed by atoms with Crippen molar-refractivity contribution < 1.29 is 9.53 Å². The summed E-state index contributed by atoms with van der Waals surface area (Å²) in [5.41, 5.74) is 0.898. The maximum absolute atomic E-state index is 12.3. The van der Waals surface area contributed by atoms with E-state index >= 15 is 0 Å². The van der Waals surface area contributed by atoms with Gasteiger partial charge in [0.15, 0.2) is 0 Å². The van der Waals surface area contributed by atoms with Crippen molar-refractivity contribution in [3.63, 3.8) is 0 Å². The molecule has 1 saturated carbocycles. The Morgan fingerprint density at radius 1 is 1.16 bits per heavy atom. The van der Waals surface area contributed by atoms with Crippen LogP contribution in [0.5, 0.6) is 5.75 Å². The Morgan fingerprint density at radius 3 is 2.60 bits per heavy atom. The van der Waals surface area contributed by atoms with E-state index in [0.29, 0.717) is 6.54 Å². The molecule has 1 aliphatic carbocycles. The van der Waals surface area contributed by atoms with Crippen LogP contribution in [-0.4, -0.2) is 24.1 Å². The van der Waals surface area contributed by atoms with Crippen molar-refractivity contribution in [1.29, 1.82) is 0 Å². The van der Waals surface area contributed by atoms with Gasteiger partial charge in [0.05, 0.1) is 7.11 Å². The average molecular weight is 340 g/mol. The Morgan fingerprint density at radius 2 is 1.88 bits per heavy atom. The molecule has 1 aromatic heterocycles. The molecule has 0 spiro atoms. The number of ether oxygens (including phenoxy) is 1. The van der Waals surface area contributed by atoms with Crippen molar-refractivity contribution in [2.75, 3.05) is 13.7 Å². The highest BCUT2D eigenvalue weighted by molar-refractivity contribution is 5.75. The summed E-state index contributed by atoms with van der Waals surface area (Å²) in [6, 6.07) is 12.9. The lowest BCUT2D eigenvalue weighted by molar-refractivity contribution is -0.122. The predicted molar refractivity (Wildman–Crippen MR) is 96.9 cm³/mol. The van der Waals surface area contributed by atoms with Crippen LogP contribution in [0.25, 0.3) is 0 Å².